The predicted octanol–water partition coefficient (Wildman–Crippen LogP) is 3.28. The van der Waals surface area contributed by atoms with Crippen molar-refractivity contribution in [3.8, 4) is 0 Å². The minimum atomic E-state index is 0.655. The van der Waals surface area contributed by atoms with Gasteiger partial charge in [0.05, 0.1) is 12.7 Å². The van der Waals surface area contributed by atoms with Crippen LogP contribution in [0.15, 0.2) is 47.7 Å². The Morgan fingerprint density at radius 3 is 2.77 bits per heavy atom. The summed E-state index contributed by atoms with van der Waals surface area (Å²) in [7, 11) is 1.88. The van der Waals surface area contributed by atoms with E-state index in [0.29, 0.717) is 11.8 Å². The number of aromatic nitrogens is 2. The summed E-state index contributed by atoms with van der Waals surface area (Å²) in [6.45, 7) is 8.18. The van der Waals surface area contributed by atoms with Crippen LogP contribution in [0.1, 0.15) is 36.8 Å². The standard InChI is InChI=1S/C21H31N5/c1-4-18-16-25(12-10-20(18)19-8-6-5-7-9-19)21(22-3)23-11-13-26-15-17(2)14-24-26/h5-9,14-15,18,20H,4,10-13,16H2,1-3H3,(H,22,23). The molecule has 2 atom stereocenters. The number of aryl methyl sites for hydroxylation is 1. The Hall–Kier alpha value is -2.30. The van der Waals surface area contributed by atoms with Crippen LogP contribution in [0.4, 0.5) is 0 Å². The van der Waals surface area contributed by atoms with Gasteiger partial charge >= 0.3 is 0 Å². The second kappa shape index (κ2) is 8.88. The van der Waals surface area contributed by atoms with Crippen LogP contribution >= 0.6 is 0 Å². The quantitative estimate of drug-likeness (QED) is 0.663. The lowest BCUT2D eigenvalue weighted by molar-refractivity contribution is 0.215. The van der Waals surface area contributed by atoms with E-state index in [0.717, 1.165) is 32.1 Å². The maximum atomic E-state index is 4.52. The molecule has 0 spiro atoms. The third-order valence-electron chi connectivity index (χ3n) is 5.38. The lowest BCUT2D eigenvalue weighted by Gasteiger charge is -2.40. The molecule has 1 aliphatic heterocycles. The number of rotatable bonds is 5. The molecule has 0 amide bonds. The number of nitrogens with zero attached hydrogens (tertiary/aromatic N) is 4. The molecule has 0 bridgehead atoms. The molecule has 5 nitrogen and oxygen atoms in total. The topological polar surface area (TPSA) is 45.5 Å². The number of likely N-dealkylation sites (tertiary alicyclic amines) is 1. The monoisotopic (exact) mass is 353 g/mol. The third kappa shape index (κ3) is 4.45. The normalized spacial score (nSPS) is 21.0. The molecule has 2 heterocycles. The average molecular weight is 354 g/mol. The van der Waals surface area contributed by atoms with Crippen molar-refractivity contribution < 1.29 is 0 Å². The Morgan fingerprint density at radius 1 is 1.31 bits per heavy atom. The molecule has 2 aromatic rings. The number of nitrogens with one attached hydrogen (secondary N) is 1. The van der Waals surface area contributed by atoms with Gasteiger partial charge in [-0.2, -0.15) is 5.10 Å². The number of aliphatic imine (C=N–C) groups is 1. The molecule has 1 saturated heterocycles. The fourth-order valence-corrected chi connectivity index (χ4v) is 3.98. The van der Waals surface area contributed by atoms with Crippen molar-refractivity contribution in [2.45, 2.75) is 39.2 Å². The van der Waals surface area contributed by atoms with Crippen molar-refractivity contribution in [3.63, 3.8) is 0 Å². The average Bonchev–Trinajstić information content (AvgIpc) is 3.10. The summed E-state index contributed by atoms with van der Waals surface area (Å²) in [5.74, 6) is 2.33. The van der Waals surface area contributed by atoms with E-state index in [1.165, 1.54) is 24.0 Å². The first-order valence-electron chi connectivity index (χ1n) is 9.70. The molecular formula is C21H31N5. The van der Waals surface area contributed by atoms with E-state index in [1.54, 1.807) is 0 Å². The molecule has 26 heavy (non-hydrogen) atoms. The van der Waals surface area contributed by atoms with Crippen molar-refractivity contribution in [2.24, 2.45) is 10.9 Å². The highest BCUT2D eigenvalue weighted by Gasteiger charge is 2.30. The van der Waals surface area contributed by atoms with E-state index in [4.69, 9.17) is 0 Å². The SMILES string of the molecule is CCC1CN(C(=NC)NCCn2cc(C)cn2)CCC1c1ccccc1. The highest BCUT2D eigenvalue weighted by Crippen LogP contribution is 2.34. The first-order valence-corrected chi connectivity index (χ1v) is 9.70. The van der Waals surface area contributed by atoms with Gasteiger partial charge in [0.15, 0.2) is 5.96 Å². The van der Waals surface area contributed by atoms with Gasteiger partial charge in [-0.15, -0.1) is 0 Å². The molecule has 140 valence electrons. The number of hydrogen-bond donors (Lipinski definition) is 1. The largest absolute Gasteiger partial charge is 0.354 e. The van der Waals surface area contributed by atoms with Crippen LogP contribution in [0.25, 0.3) is 0 Å². The predicted molar refractivity (Wildman–Crippen MR) is 107 cm³/mol. The maximum absolute atomic E-state index is 4.52. The maximum Gasteiger partial charge on any atom is 0.193 e. The van der Waals surface area contributed by atoms with Crippen LogP contribution in [0.3, 0.4) is 0 Å². The van der Waals surface area contributed by atoms with Gasteiger partial charge in [0.2, 0.25) is 0 Å². The fourth-order valence-electron chi connectivity index (χ4n) is 3.98. The molecule has 0 radical (unpaired) electrons. The van der Waals surface area contributed by atoms with Gasteiger partial charge in [0, 0.05) is 32.9 Å². The van der Waals surface area contributed by atoms with Crippen LogP contribution in [0.5, 0.6) is 0 Å². The van der Waals surface area contributed by atoms with Crippen LogP contribution in [-0.4, -0.2) is 47.3 Å². The van der Waals surface area contributed by atoms with E-state index < -0.39 is 0 Å². The van der Waals surface area contributed by atoms with Gasteiger partial charge in [-0.25, -0.2) is 0 Å². The molecule has 1 aromatic carbocycles. The van der Waals surface area contributed by atoms with E-state index >= 15 is 0 Å². The minimum Gasteiger partial charge on any atom is -0.354 e. The van der Waals surface area contributed by atoms with Crippen LogP contribution in [-0.2, 0) is 6.54 Å². The molecule has 0 saturated carbocycles. The fraction of sp³-hybridized carbons (Fsp3) is 0.524. The Bertz CT molecular complexity index is 706. The highest BCUT2D eigenvalue weighted by molar-refractivity contribution is 5.80. The summed E-state index contributed by atoms with van der Waals surface area (Å²) in [5, 5.41) is 7.85. The molecule has 3 rings (SSSR count). The van der Waals surface area contributed by atoms with Crippen LogP contribution < -0.4 is 5.32 Å². The van der Waals surface area contributed by atoms with Gasteiger partial charge in [-0.1, -0.05) is 43.7 Å². The molecule has 1 fully saturated rings. The van der Waals surface area contributed by atoms with Gasteiger partial charge in [0.1, 0.15) is 0 Å². The van der Waals surface area contributed by atoms with E-state index in [9.17, 15) is 0 Å². The van der Waals surface area contributed by atoms with E-state index in [-0.39, 0.29) is 0 Å². The minimum absolute atomic E-state index is 0.655. The molecule has 1 aromatic heterocycles. The van der Waals surface area contributed by atoms with Crippen molar-refractivity contribution in [1.82, 2.24) is 20.0 Å². The Balaban J connectivity index is 1.56. The van der Waals surface area contributed by atoms with Gasteiger partial charge in [-0.05, 0) is 36.3 Å². The summed E-state index contributed by atoms with van der Waals surface area (Å²) in [6.07, 6.45) is 6.35. The molecule has 2 unspecified atom stereocenters. The Labute approximate surface area is 157 Å². The molecule has 0 aliphatic carbocycles. The number of guanidine groups is 1. The van der Waals surface area contributed by atoms with Crippen molar-refractivity contribution in [1.29, 1.82) is 0 Å². The third-order valence-corrected chi connectivity index (χ3v) is 5.38. The number of hydrogen-bond acceptors (Lipinski definition) is 2. The van der Waals surface area contributed by atoms with Crippen molar-refractivity contribution in [2.75, 3.05) is 26.7 Å². The van der Waals surface area contributed by atoms with Gasteiger partial charge in [0.25, 0.3) is 0 Å². The summed E-state index contributed by atoms with van der Waals surface area (Å²) >= 11 is 0. The molecule has 1 N–H and O–H groups in total. The molecule has 1 aliphatic rings. The smallest absolute Gasteiger partial charge is 0.193 e. The van der Waals surface area contributed by atoms with Crippen LogP contribution in [0.2, 0.25) is 0 Å². The number of benzene rings is 1. The lowest BCUT2D eigenvalue weighted by Crippen LogP contribution is -2.49. The van der Waals surface area contributed by atoms with Crippen molar-refractivity contribution >= 4 is 5.96 Å². The van der Waals surface area contributed by atoms with E-state index in [1.807, 2.05) is 17.9 Å². The zero-order valence-corrected chi connectivity index (χ0v) is 16.2. The number of piperidine rings is 1. The van der Waals surface area contributed by atoms with Gasteiger partial charge in [-0.3, -0.25) is 9.67 Å². The van der Waals surface area contributed by atoms with Crippen molar-refractivity contribution in [3.05, 3.63) is 53.9 Å². The Morgan fingerprint density at radius 2 is 2.12 bits per heavy atom. The lowest BCUT2D eigenvalue weighted by atomic mass is 9.79. The summed E-state index contributed by atoms with van der Waals surface area (Å²) in [5.41, 5.74) is 2.68. The van der Waals surface area contributed by atoms with E-state index in [2.05, 4.69) is 70.7 Å². The summed E-state index contributed by atoms with van der Waals surface area (Å²) < 4.78 is 1.98. The Kier molecular flexibility index (Phi) is 6.31. The summed E-state index contributed by atoms with van der Waals surface area (Å²) in [6, 6.07) is 11.0. The zero-order chi connectivity index (χ0) is 18.4. The van der Waals surface area contributed by atoms with Gasteiger partial charge < -0.3 is 10.2 Å². The molecule has 5 heteroatoms. The second-order valence-electron chi connectivity index (χ2n) is 7.17. The molecular weight excluding hydrogens is 322 g/mol. The summed E-state index contributed by atoms with van der Waals surface area (Å²) in [4.78, 5) is 6.94. The zero-order valence-electron chi connectivity index (χ0n) is 16.2. The first-order chi connectivity index (χ1) is 12.7. The van der Waals surface area contributed by atoms with Crippen LogP contribution in [0, 0.1) is 12.8 Å². The first kappa shape index (κ1) is 18.5. The second-order valence-corrected chi connectivity index (χ2v) is 7.17. The highest BCUT2D eigenvalue weighted by atomic mass is 15.3.